The number of carbonyl (C=O) groups excluding carboxylic acids is 1. The number of aryl methyl sites for hydroxylation is 1. The summed E-state index contributed by atoms with van der Waals surface area (Å²) in [6.45, 7) is 6.16. The van der Waals surface area contributed by atoms with Gasteiger partial charge in [-0.15, -0.1) is 0 Å². The Morgan fingerprint density at radius 3 is 2.95 bits per heavy atom. The molecule has 2 rings (SSSR count). The Kier molecular flexibility index (Phi) is 5.25. The van der Waals surface area contributed by atoms with Crippen LogP contribution in [0.5, 0.6) is 0 Å². The standard InChI is InChI=1S/C16H23ClN2O2/c1-12-4-5-13(8-14(12)17)18-15(21)9-19-7-3-6-16(2,10-19)11-20/h4-5,8,20H,3,6-7,9-11H2,1-2H3,(H,18,21). The number of carbonyl (C=O) groups is 1. The lowest BCUT2D eigenvalue weighted by Gasteiger charge is -2.38. The fraction of sp³-hybridized carbons (Fsp3) is 0.562. The van der Waals surface area contributed by atoms with Crippen LogP contribution in [-0.4, -0.2) is 42.2 Å². The average molecular weight is 311 g/mol. The van der Waals surface area contributed by atoms with Crippen LogP contribution in [0.1, 0.15) is 25.3 Å². The van der Waals surface area contributed by atoms with Crippen molar-refractivity contribution in [3.63, 3.8) is 0 Å². The minimum Gasteiger partial charge on any atom is -0.396 e. The topological polar surface area (TPSA) is 52.6 Å². The lowest BCUT2D eigenvalue weighted by Crippen LogP contribution is -2.46. The molecule has 4 nitrogen and oxygen atoms in total. The molecule has 1 amide bonds. The fourth-order valence-electron chi connectivity index (χ4n) is 2.77. The van der Waals surface area contributed by atoms with Crippen molar-refractivity contribution in [2.75, 3.05) is 31.6 Å². The SMILES string of the molecule is Cc1ccc(NC(=O)CN2CCCC(C)(CO)C2)cc1Cl. The summed E-state index contributed by atoms with van der Waals surface area (Å²) in [5.41, 5.74) is 1.62. The number of likely N-dealkylation sites (tertiary alicyclic amines) is 1. The zero-order valence-corrected chi connectivity index (χ0v) is 13.4. The lowest BCUT2D eigenvalue weighted by molar-refractivity contribution is -0.118. The van der Waals surface area contributed by atoms with Crippen molar-refractivity contribution in [3.8, 4) is 0 Å². The van der Waals surface area contributed by atoms with E-state index in [0.717, 1.165) is 37.2 Å². The zero-order chi connectivity index (χ0) is 15.5. The number of aliphatic hydroxyl groups is 1. The van der Waals surface area contributed by atoms with Gasteiger partial charge in [0.2, 0.25) is 5.91 Å². The number of hydrogen-bond donors (Lipinski definition) is 2. The van der Waals surface area contributed by atoms with Gasteiger partial charge in [-0.25, -0.2) is 0 Å². The molecule has 1 unspecified atom stereocenters. The molecule has 1 fully saturated rings. The predicted molar refractivity (Wildman–Crippen MR) is 85.7 cm³/mol. The molecule has 1 aromatic rings. The third-order valence-electron chi connectivity index (χ3n) is 4.06. The van der Waals surface area contributed by atoms with Crippen LogP contribution < -0.4 is 5.32 Å². The first kappa shape index (κ1) is 16.3. The summed E-state index contributed by atoms with van der Waals surface area (Å²) >= 11 is 6.06. The molecule has 0 aliphatic carbocycles. The van der Waals surface area contributed by atoms with E-state index in [-0.39, 0.29) is 17.9 Å². The summed E-state index contributed by atoms with van der Waals surface area (Å²) in [4.78, 5) is 14.2. The van der Waals surface area contributed by atoms with E-state index >= 15 is 0 Å². The second-order valence-corrected chi connectivity index (χ2v) is 6.70. The Hall–Kier alpha value is -1.10. The van der Waals surface area contributed by atoms with Gasteiger partial charge in [0.1, 0.15) is 0 Å². The van der Waals surface area contributed by atoms with Crippen molar-refractivity contribution in [2.24, 2.45) is 5.41 Å². The van der Waals surface area contributed by atoms with Gasteiger partial charge in [0.05, 0.1) is 6.54 Å². The highest BCUT2D eigenvalue weighted by molar-refractivity contribution is 6.31. The summed E-state index contributed by atoms with van der Waals surface area (Å²) in [5.74, 6) is -0.0443. The molecule has 1 aliphatic heterocycles. The number of amides is 1. The van der Waals surface area contributed by atoms with E-state index < -0.39 is 0 Å². The first-order chi connectivity index (χ1) is 9.92. The molecule has 1 aromatic carbocycles. The number of benzene rings is 1. The quantitative estimate of drug-likeness (QED) is 0.899. The number of nitrogens with one attached hydrogen (secondary N) is 1. The van der Waals surface area contributed by atoms with Crippen molar-refractivity contribution in [3.05, 3.63) is 28.8 Å². The molecule has 116 valence electrons. The van der Waals surface area contributed by atoms with Gasteiger partial charge in [0.15, 0.2) is 0 Å². The average Bonchev–Trinajstić information content (AvgIpc) is 2.43. The maximum atomic E-state index is 12.1. The smallest absolute Gasteiger partial charge is 0.238 e. The van der Waals surface area contributed by atoms with Crippen LogP contribution in [0.15, 0.2) is 18.2 Å². The summed E-state index contributed by atoms with van der Waals surface area (Å²) in [7, 11) is 0. The highest BCUT2D eigenvalue weighted by Gasteiger charge is 2.30. The monoisotopic (exact) mass is 310 g/mol. The fourth-order valence-corrected chi connectivity index (χ4v) is 2.95. The number of anilines is 1. The van der Waals surface area contributed by atoms with Gasteiger partial charge < -0.3 is 10.4 Å². The van der Waals surface area contributed by atoms with Gasteiger partial charge in [0, 0.05) is 29.3 Å². The van der Waals surface area contributed by atoms with E-state index in [1.165, 1.54) is 0 Å². The number of hydrogen-bond acceptors (Lipinski definition) is 3. The molecule has 1 aliphatic rings. The minimum absolute atomic E-state index is 0.0443. The van der Waals surface area contributed by atoms with Crippen molar-refractivity contribution >= 4 is 23.2 Å². The van der Waals surface area contributed by atoms with Crippen molar-refractivity contribution in [1.29, 1.82) is 0 Å². The van der Waals surface area contributed by atoms with E-state index in [9.17, 15) is 9.90 Å². The summed E-state index contributed by atoms with van der Waals surface area (Å²) < 4.78 is 0. The Morgan fingerprint density at radius 2 is 2.29 bits per heavy atom. The summed E-state index contributed by atoms with van der Waals surface area (Å²) in [6, 6.07) is 5.51. The molecule has 0 bridgehead atoms. The second kappa shape index (κ2) is 6.77. The highest BCUT2D eigenvalue weighted by atomic mass is 35.5. The van der Waals surface area contributed by atoms with E-state index in [4.69, 9.17) is 11.6 Å². The van der Waals surface area contributed by atoms with Crippen LogP contribution in [0, 0.1) is 12.3 Å². The van der Waals surface area contributed by atoms with Gasteiger partial charge in [-0.2, -0.15) is 0 Å². The van der Waals surface area contributed by atoms with Crippen LogP contribution in [0.4, 0.5) is 5.69 Å². The van der Waals surface area contributed by atoms with Gasteiger partial charge in [-0.05, 0) is 44.0 Å². The van der Waals surface area contributed by atoms with Gasteiger partial charge in [0.25, 0.3) is 0 Å². The van der Waals surface area contributed by atoms with Crippen LogP contribution >= 0.6 is 11.6 Å². The van der Waals surface area contributed by atoms with Crippen molar-refractivity contribution in [2.45, 2.75) is 26.7 Å². The van der Waals surface area contributed by atoms with E-state index in [1.54, 1.807) is 6.07 Å². The van der Waals surface area contributed by atoms with E-state index in [1.807, 2.05) is 19.1 Å². The van der Waals surface area contributed by atoms with E-state index in [2.05, 4.69) is 17.1 Å². The molecular formula is C16H23ClN2O2. The van der Waals surface area contributed by atoms with Crippen molar-refractivity contribution < 1.29 is 9.90 Å². The third kappa shape index (κ3) is 4.43. The van der Waals surface area contributed by atoms with Gasteiger partial charge >= 0.3 is 0 Å². The summed E-state index contributed by atoms with van der Waals surface area (Å²) in [5, 5.41) is 13.0. The van der Waals surface area contributed by atoms with E-state index in [0.29, 0.717) is 11.6 Å². The summed E-state index contributed by atoms with van der Waals surface area (Å²) in [6.07, 6.45) is 2.02. The van der Waals surface area contributed by atoms with Crippen LogP contribution in [0.3, 0.4) is 0 Å². The molecule has 1 heterocycles. The molecule has 0 spiro atoms. The number of rotatable bonds is 4. The van der Waals surface area contributed by atoms with Gasteiger partial charge in [-0.3, -0.25) is 9.69 Å². The Labute approximate surface area is 131 Å². The first-order valence-electron chi connectivity index (χ1n) is 7.31. The largest absolute Gasteiger partial charge is 0.396 e. The molecular weight excluding hydrogens is 288 g/mol. The number of aliphatic hydroxyl groups excluding tert-OH is 1. The number of piperidine rings is 1. The lowest BCUT2D eigenvalue weighted by atomic mass is 9.83. The highest BCUT2D eigenvalue weighted by Crippen LogP contribution is 2.28. The minimum atomic E-state index is -0.0916. The Balaban J connectivity index is 1.91. The molecule has 2 N–H and O–H groups in total. The number of nitrogens with zero attached hydrogens (tertiary/aromatic N) is 1. The van der Waals surface area contributed by atoms with Crippen LogP contribution in [0.25, 0.3) is 0 Å². The number of halogens is 1. The second-order valence-electron chi connectivity index (χ2n) is 6.30. The molecule has 21 heavy (non-hydrogen) atoms. The van der Waals surface area contributed by atoms with Crippen LogP contribution in [0.2, 0.25) is 5.02 Å². The Morgan fingerprint density at radius 1 is 1.52 bits per heavy atom. The first-order valence-corrected chi connectivity index (χ1v) is 7.69. The van der Waals surface area contributed by atoms with Gasteiger partial charge in [-0.1, -0.05) is 24.6 Å². The zero-order valence-electron chi connectivity index (χ0n) is 12.7. The normalized spacial score (nSPS) is 23.0. The Bertz CT molecular complexity index is 521. The molecule has 0 saturated carbocycles. The predicted octanol–water partition coefficient (Wildman–Crippen LogP) is 2.68. The maximum absolute atomic E-state index is 12.1. The maximum Gasteiger partial charge on any atom is 0.238 e. The molecule has 5 heteroatoms. The molecule has 1 atom stereocenters. The van der Waals surface area contributed by atoms with Crippen LogP contribution in [-0.2, 0) is 4.79 Å². The molecule has 0 aromatic heterocycles. The third-order valence-corrected chi connectivity index (χ3v) is 4.47. The molecule has 0 radical (unpaired) electrons. The molecule has 1 saturated heterocycles. The van der Waals surface area contributed by atoms with Crippen molar-refractivity contribution in [1.82, 2.24) is 4.90 Å².